The van der Waals surface area contributed by atoms with Crippen molar-refractivity contribution in [2.45, 2.75) is 31.6 Å². The third-order valence-corrected chi connectivity index (χ3v) is 3.58. The van der Waals surface area contributed by atoms with Crippen LogP contribution >= 0.6 is 11.8 Å². The maximum atomic E-state index is 5.52. The van der Waals surface area contributed by atoms with Gasteiger partial charge in [0, 0.05) is 24.3 Å². The summed E-state index contributed by atoms with van der Waals surface area (Å²) in [7, 11) is 0. The average molecular weight is 204 g/mol. The predicted octanol–water partition coefficient (Wildman–Crippen LogP) is 0.996. The summed E-state index contributed by atoms with van der Waals surface area (Å²) in [5.41, 5.74) is 2.90. The summed E-state index contributed by atoms with van der Waals surface area (Å²) >= 11 is 1.95. The van der Waals surface area contributed by atoms with Crippen LogP contribution < -0.4 is 11.3 Å². The van der Waals surface area contributed by atoms with E-state index in [1.54, 1.807) is 0 Å². The Morgan fingerprint density at radius 3 is 2.85 bits per heavy atom. The fraction of sp³-hybridized carbons (Fsp3) is 1.00. The number of ether oxygens (including phenoxy) is 1. The third-order valence-electron chi connectivity index (χ3n) is 2.36. The van der Waals surface area contributed by atoms with Gasteiger partial charge in [-0.15, -0.1) is 0 Å². The molecule has 4 heteroatoms. The minimum atomic E-state index is 0.412. The smallest absolute Gasteiger partial charge is 0.0510 e. The van der Waals surface area contributed by atoms with Crippen LogP contribution in [0.2, 0.25) is 0 Å². The van der Waals surface area contributed by atoms with Gasteiger partial charge >= 0.3 is 0 Å². The molecule has 3 N–H and O–H groups in total. The molecule has 13 heavy (non-hydrogen) atoms. The van der Waals surface area contributed by atoms with Crippen molar-refractivity contribution in [1.82, 2.24) is 5.43 Å². The van der Waals surface area contributed by atoms with Gasteiger partial charge in [0.25, 0.3) is 0 Å². The summed E-state index contributed by atoms with van der Waals surface area (Å²) in [5, 5.41) is 0.679. The Morgan fingerprint density at radius 1 is 1.62 bits per heavy atom. The van der Waals surface area contributed by atoms with E-state index < -0.39 is 0 Å². The predicted molar refractivity (Wildman–Crippen MR) is 57.6 cm³/mol. The van der Waals surface area contributed by atoms with E-state index in [1.807, 2.05) is 11.8 Å². The summed E-state index contributed by atoms with van der Waals surface area (Å²) in [6, 6.07) is 0.412. The van der Waals surface area contributed by atoms with Crippen LogP contribution in [0.3, 0.4) is 0 Å². The molecule has 2 atom stereocenters. The fourth-order valence-electron chi connectivity index (χ4n) is 1.49. The van der Waals surface area contributed by atoms with Gasteiger partial charge in [-0.25, -0.2) is 0 Å². The van der Waals surface area contributed by atoms with Crippen LogP contribution in [0, 0.1) is 5.92 Å². The number of nitrogens with one attached hydrogen (secondary N) is 1. The molecule has 1 fully saturated rings. The second-order valence-corrected chi connectivity index (χ2v) is 5.39. The molecule has 0 aliphatic carbocycles. The van der Waals surface area contributed by atoms with E-state index in [2.05, 4.69) is 19.3 Å². The lowest BCUT2D eigenvalue weighted by Gasteiger charge is -2.21. The van der Waals surface area contributed by atoms with E-state index in [-0.39, 0.29) is 0 Å². The molecular weight excluding hydrogens is 184 g/mol. The Bertz CT molecular complexity index is 138. The number of thioether (sulfide) groups is 1. The molecule has 0 aromatic carbocycles. The van der Waals surface area contributed by atoms with E-state index in [1.165, 1.54) is 0 Å². The van der Waals surface area contributed by atoms with Gasteiger partial charge in [-0.3, -0.25) is 11.3 Å². The summed E-state index contributed by atoms with van der Waals surface area (Å²) in [5.74, 6) is 7.21. The van der Waals surface area contributed by atoms with Gasteiger partial charge in [0.05, 0.1) is 6.61 Å². The maximum absolute atomic E-state index is 5.52. The van der Waals surface area contributed by atoms with Gasteiger partial charge < -0.3 is 4.74 Å². The second-order valence-electron chi connectivity index (χ2n) is 3.78. The van der Waals surface area contributed by atoms with Crippen LogP contribution in [-0.4, -0.2) is 30.3 Å². The molecule has 3 nitrogen and oxygen atoms in total. The van der Waals surface area contributed by atoms with Gasteiger partial charge in [-0.05, 0) is 11.7 Å². The summed E-state index contributed by atoms with van der Waals surface area (Å²) in [6.45, 7) is 6.19. The molecule has 1 saturated heterocycles. The molecule has 1 heterocycles. The zero-order chi connectivity index (χ0) is 9.68. The summed E-state index contributed by atoms with van der Waals surface area (Å²) < 4.78 is 5.34. The number of hydrogen-bond donors (Lipinski definition) is 2. The Kier molecular flexibility index (Phi) is 5.09. The van der Waals surface area contributed by atoms with Crippen LogP contribution in [0.5, 0.6) is 0 Å². The third kappa shape index (κ3) is 3.85. The van der Waals surface area contributed by atoms with Crippen molar-refractivity contribution in [1.29, 1.82) is 0 Å². The standard InChI is InChI=1S/C9H20N2OS/c1-7(2)13-6-9(11-10)8-3-4-12-5-8/h7-9,11H,3-6,10H2,1-2H3. The quantitative estimate of drug-likeness (QED) is 0.518. The Hall–Kier alpha value is 0.230. The van der Waals surface area contributed by atoms with Crippen LogP contribution in [0.1, 0.15) is 20.3 Å². The maximum Gasteiger partial charge on any atom is 0.0510 e. The van der Waals surface area contributed by atoms with Crippen LogP contribution in [0.4, 0.5) is 0 Å². The Balaban J connectivity index is 2.24. The zero-order valence-electron chi connectivity index (χ0n) is 8.45. The van der Waals surface area contributed by atoms with Crippen molar-refractivity contribution in [2.24, 2.45) is 11.8 Å². The summed E-state index contributed by atoms with van der Waals surface area (Å²) in [4.78, 5) is 0. The molecule has 1 rings (SSSR count). The molecule has 0 aromatic heterocycles. The van der Waals surface area contributed by atoms with Crippen molar-refractivity contribution in [3.05, 3.63) is 0 Å². The van der Waals surface area contributed by atoms with E-state index in [4.69, 9.17) is 10.6 Å². The minimum Gasteiger partial charge on any atom is -0.381 e. The van der Waals surface area contributed by atoms with Crippen molar-refractivity contribution in [2.75, 3.05) is 19.0 Å². The lowest BCUT2D eigenvalue weighted by atomic mass is 10.0. The topological polar surface area (TPSA) is 47.3 Å². The molecule has 0 amide bonds. The normalized spacial score (nSPS) is 25.4. The van der Waals surface area contributed by atoms with Gasteiger partial charge in [0.15, 0.2) is 0 Å². The van der Waals surface area contributed by atoms with E-state index in [0.717, 1.165) is 25.4 Å². The zero-order valence-corrected chi connectivity index (χ0v) is 9.27. The molecule has 78 valence electrons. The van der Waals surface area contributed by atoms with Gasteiger partial charge in [-0.2, -0.15) is 11.8 Å². The lowest BCUT2D eigenvalue weighted by molar-refractivity contribution is 0.179. The first kappa shape index (κ1) is 11.3. The number of rotatable bonds is 5. The van der Waals surface area contributed by atoms with E-state index >= 15 is 0 Å². The first-order valence-electron chi connectivity index (χ1n) is 4.89. The highest BCUT2D eigenvalue weighted by Crippen LogP contribution is 2.21. The molecule has 0 radical (unpaired) electrons. The first-order chi connectivity index (χ1) is 6.24. The van der Waals surface area contributed by atoms with Gasteiger partial charge in [-0.1, -0.05) is 13.8 Å². The van der Waals surface area contributed by atoms with Crippen LogP contribution in [0.25, 0.3) is 0 Å². The monoisotopic (exact) mass is 204 g/mol. The second kappa shape index (κ2) is 5.86. The molecular formula is C9H20N2OS. The Labute approximate surface area is 84.7 Å². The van der Waals surface area contributed by atoms with Crippen molar-refractivity contribution in [3.63, 3.8) is 0 Å². The molecule has 0 saturated carbocycles. The molecule has 1 aliphatic heterocycles. The Morgan fingerprint density at radius 2 is 2.38 bits per heavy atom. The van der Waals surface area contributed by atoms with Crippen molar-refractivity contribution in [3.8, 4) is 0 Å². The molecule has 0 spiro atoms. The van der Waals surface area contributed by atoms with Crippen LogP contribution in [0.15, 0.2) is 0 Å². The number of hydrogen-bond acceptors (Lipinski definition) is 4. The van der Waals surface area contributed by atoms with E-state index in [0.29, 0.717) is 17.2 Å². The molecule has 0 bridgehead atoms. The molecule has 0 aromatic rings. The number of nitrogens with two attached hydrogens (primary N) is 1. The van der Waals surface area contributed by atoms with Crippen molar-refractivity contribution >= 4 is 11.8 Å². The van der Waals surface area contributed by atoms with E-state index in [9.17, 15) is 0 Å². The minimum absolute atomic E-state index is 0.412. The summed E-state index contributed by atoms with van der Waals surface area (Å²) in [6.07, 6.45) is 1.15. The average Bonchev–Trinajstić information content (AvgIpc) is 2.58. The highest BCUT2D eigenvalue weighted by atomic mass is 32.2. The highest BCUT2D eigenvalue weighted by Gasteiger charge is 2.24. The lowest BCUT2D eigenvalue weighted by Crippen LogP contribution is -2.43. The van der Waals surface area contributed by atoms with Gasteiger partial charge in [0.1, 0.15) is 0 Å². The number of hydrazine groups is 1. The first-order valence-corrected chi connectivity index (χ1v) is 5.94. The van der Waals surface area contributed by atoms with Crippen LogP contribution in [-0.2, 0) is 4.74 Å². The van der Waals surface area contributed by atoms with Gasteiger partial charge in [0.2, 0.25) is 0 Å². The largest absolute Gasteiger partial charge is 0.381 e. The SMILES string of the molecule is CC(C)SCC(NN)C1CCOC1. The fourth-order valence-corrected chi connectivity index (χ4v) is 2.45. The molecule has 2 unspecified atom stereocenters. The highest BCUT2D eigenvalue weighted by molar-refractivity contribution is 7.99. The molecule has 1 aliphatic rings. The van der Waals surface area contributed by atoms with Crippen molar-refractivity contribution < 1.29 is 4.74 Å².